The van der Waals surface area contributed by atoms with Crippen LogP contribution in [0.25, 0.3) is 0 Å². The van der Waals surface area contributed by atoms with Gasteiger partial charge < -0.3 is 10.1 Å². The number of sulfonamides is 1. The highest BCUT2D eigenvalue weighted by molar-refractivity contribution is 7.91. The highest BCUT2D eigenvalue weighted by Crippen LogP contribution is 2.46. The van der Waals surface area contributed by atoms with E-state index in [4.69, 9.17) is 4.74 Å². The number of benzene rings is 3. The molecule has 1 saturated carbocycles. The number of ether oxygens (including phenoxy) is 1. The number of hydrogen-bond donors (Lipinski definition) is 2. The minimum atomic E-state index is -3.61. The van der Waals surface area contributed by atoms with Crippen LogP contribution in [0.2, 0.25) is 0 Å². The molecule has 8 nitrogen and oxygen atoms in total. The van der Waals surface area contributed by atoms with Crippen LogP contribution in [0, 0.1) is 5.41 Å². The van der Waals surface area contributed by atoms with E-state index < -0.39 is 21.2 Å². The van der Waals surface area contributed by atoms with Gasteiger partial charge in [0.2, 0.25) is 10.0 Å². The van der Waals surface area contributed by atoms with Gasteiger partial charge in [0.05, 0.1) is 17.3 Å². The lowest BCUT2D eigenvalue weighted by Crippen LogP contribution is -2.37. The summed E-state index contributed by atoms with van der Waals surface area (Å²) >= 11 is 0. The first kappa shape index (κ1) is 26.4. The first-order chi connectivity index (χ1) is 19.1. The Morgan fingerprint density at radius 2 is 1.82 bits per heavy atom. The van der Waals surface area contributed by atoms with Crippen LogP contribution in [0.3, 0.4) is 0 Å². The lowest BCUT2D eigenvalue weighted by Gasteiger charge is -2.41. The third-order valence-electron chi connectivity index (χ3n) is 8.05. The maximum absolute atomic E-state index is 12.8. The van der Waals surface area contributed by atoms with Gasteiger partial charge in [0, 0.05) is 16.9 Å². The Balaban J connectivity index is 1.23. The second-order valence-corrected chi connectivity index (χ2v) is 13.6. The van der Waals surface area contributed by atoms with E-state index in [0.29, 0.717) is 37.9 Å². The summed E-state index contributed by atoms with van der Waals surface area (Å²) in [6, 6.07) is 23.3. The summed E-state index contributed by atoms with van der Waals surface area (Å²) in [4.78, 5) is 27.2. The van der Waals surface area contributed by atoms with Crippen molar-refractivity contribution in [1.29, 1.82) is 0 Å². The molecule has 2 N–H and O–H groups in total. The number of nitrogens with one attached hydrogen (secondary N) is 2. The van der Waals surface area contributed by atoms with E-state index in [0.717, 1.165) is 28.1 Å². The van der Waals surface area contributed by atoms with Crippen molar-refractivity contribution in [2.75, 3.05) is 16.8 Å². The van der Waals surface area contributed by atoms with Crippen molar-refractivity contribution in [3.8, 4) is 0 Å². The van der Waals surface area contributed by atoms with E-state index in [9.17, 15) is 18.0 Å². The summed E-state index contributed by atoms with van der Waals surface area (Å²) in [7, 11) is -3.61. The summed E-state index contributed by atoms with van der Waals surface area (Å²) in [6.45, 7) is 4.66. The molecule has 0 spiro atoms. The molecule has 40 heavy (non-hydrogen) atoms. The maximum atomic E-state index is 12.8. The molecule has 2 heterocycles. The van der Waals surface area contributed by atoms with E-state index in [1.807, 2.05) is 36.4 Å². The first-order valence-corrected chi connectivity index (χ1v) is 15.2. The molecule has 6 rings (SSSR count). The molecule has 2 aliphatic heterocycles. The van der Waals surface area contributed by atoms with Crippen LogP contribution in [0.5, 0.6) is 0 Å². The zero-order chi connectivity index (χ0) is 28.1. The molecule has 2 atom stereocenters. The fourth-order valence-electron chi connectivity index (χ4n) is 5.82. The predicted molar refractivity (Wildman–Crippen MR) is 154 cm³/mol. The number of rotatable bonds is 7. The molecule has 2 unspecified atom stereocenters. The van der Waals surface area contributed by atoms with Crippen LogP contribution in [-0.2, 0) is 27.6 Å². The van der Waals surface area contributed by atoms with Gasteiger partial charge >= 0.3 is 6.09 Å². The number of hydrogen-bond acceptors (Lipinski definition) is 6. The summed E-state index contributed by atoms with van der Waals surface area (Å²) < 4.78 is 32.2. The number of anilines is 2. The van der Waals surface area contributed by atoms with Crippen LogP contribution in [-0.4, -0.2) is 38.3 Å². The van der Waals surface area contributed by atoms with Crippen molar-refractivity contribution in [1.82, 2.24) is 4.72 Å². The number of amides is 2. The van der Waals surface area contributed by atoms with E-state index in [2.05, 4.69) is 48.2 Å². The molecule has 0 bridgehead atoms. The van der Waals surface area contributed by atoms with Crippen molar-refractivity contribution >= 4 is 33.4 Å². The molecular formula is C31H33N3O5S. The Bertz CT molecular complexity index is 1570. The molecule has 3 aromatic rings. The molecule has 2 amide bonds. The Kier molecular flexibility index (Phi) is 6.57. The molecule has 1 aliphatic carbocycles. The second-order valence-electron chi connectivity index (χ2n) is 11.7. The molecule has 3 aliphatic rings. The normalized spacial score (nSPS) is 21.8. The van der Waals surface area contributed by atoms with Gasteiger partial charge in [-0.15, -0.1) is 0 Å². The van der Waals surface area contributed by atoms with Crippen molar-refractivity contribution in [3.05, 3.63) is 95.1 Å². The number of carbonyl (C=O) groups is 2. The van der Waals surface area contributed by atoms with Crippen molar-refractivity contribution < 1.29 is 22.7 Å². The van der Waals surface area contributed by atoms with Crippen LogP contribution in [0.4, 0.5) is 16.2 Å². The molecule has 0 radical (unpaired) electrons. The molecule has 2 fully saturated rings. The van der Waals surface area contributed by atoms with Crippen molar-refractivity contribution in [2.24, 2.45) is 5.41 Å². The van der Waals surface area contributed by atoms with Gasteiger partial charge in [0.15, 0.2) is 0 Å². The molecule has 208 valence electrons. The molecule has 3 aromatic carbocycles. The highest BCUT2D eigenvalue weighted by Gasteiger charge is 2.39. The number of fused-ring (bicyclic) bond motifs is 1. The largest absolute Gasteiger partial charge is 0.447 e. The maximum Gasteiger partial charge on any atom is 0.414 e. The lowest BCUT2D eigenvalue weighted by molar-refractivity contribution is 0.0981. The summed E-state index contributed by atoms with van der Waals surface area (Å²) in [5.41, 5.74) is 4.95. The highest BCUT2D eigenvalue weighted by atomic mass is 32.2. The third-order valence-corrected chi connectivity index (χ3v) is 9.87. The van der Waals surface area contributed by atoms with E-state index in [1.165, 1.54) is 0 Å². The Labute approximate surface area is 234 Å². The van der Waals surface area contributed by atoms with E-state index in [-0.39, 0.29) is 23.6 Å². The Morgan fingerprint density at radius 1 is 1.05 bits per heavy atom. The fourth-order valence-corrected chi connectivity index (χ4v) is 7.12. The smallest absolute Gasteiger partial charge is 0.414 e. The minimum Gasteiger partial charge on any atom is -0.447 e. The number of nitrogens with zero attached hydrogens (tertiary/aromatic N) is 1. The summed E-state index contributed by atoms with van der Waals surface area (Å²) in [5, 5.41) is 3.19. The standard InChI is InChI=1S/C31H33N3O5S/c1-31(2)18-23-16-22(29(35)33-40(37,38)26-12-13-26)11-14-27(23)32-28(31)21-9-6-10-24(17-21)34-25(19-39-30(34)36)15-20-7-4-3-5-8-20/h3-11,14,16-17,25-26,28,32H,12-13,15,18-19H2,1-2H3,(H,33,35). The van der Waals surface area contributed by atoms with E-state index in [1.54, 1.807) is 17.0 Å². The molecule has 1 saturated heterocycles. The summed E-state index contributed by atoms with van der Waals surface area (Å²) in [6.07, 6.45) is 2.24. The van der Waals surface area contributed by atoms with Gasteiger partial charge in [-0.25, -0.2) is 17.9 Å². The SMILES string of the molecule is CC1(C)Cc2cc(C(=O)NS(=O)(=O)C3CC3)ccc2NC1c1cccc(N2C(=O)OCC2Cc2ccccc2)c1. The second kappa shape index (κ2) is 9.96. The monoisotopic (exact) mass is 559 g/mol. The third kappa shape index (κ3) is 5.18. The van der Waals surface area contributed by atoms with Crippen LogP contribution >= 0.6 is 0 Å². The molecule has 9 heteroatoms. The molecular weight excluding hydrogens is 526 g/mol. The zero-order valence-corrected chi connectivity index (χ0v) is 23.4. The average molecular weight is 560 g/mol. The van der Waals surface area contributed by atoms with Gasteiger partial charge in [0.25, 0.3) is 5.91 Å². The van der Waals surface area contributed by atoms with E-state index >= 15 is 0 Å². The lowest BCUT2D eigenvalue weighted by atomic mass is 9.72. The van der Waals surface area contributed by atoms with Gasteiger partial charge in [-0.3, -0.25) is 9.69 Å². The topological polar surface area (TPSA) is 105 Å². The van der Waals surface area contributed by atoms with Crippen molar-refractivity contribution in [3.63, 3.8) is 0 Å². The average Bonchev–Trinajstić information content (AvgIpc) is 3.72. The van der Waals surface area contributed by atoms with Gasteiger partial charge in [-0.1, -0.05) is 56.3 Å². The zero-order valence-electron chi connectivity index (χ0n) is 22.6. The predicted octanol–water partition coefficient (Wildman–Crippen LogP) is 5.21. The Morgan fingerprint density at radius 3 is 2.58 bits per heavy atom. The quantitative estimate of drug-likeness (QED) is 0.412. The Hall–Kier alpha value is -3.85. The number of carbonyl (C=O) groups excluding carboxylic acids is 2. The van der Waals surface area contributed by atoms with Crippen LogP contribution < -0.4 is 14.9 Å². The van der Waals surface area contributed by atoms with Crippen LogP contribution in [0.15, 0.2) is 72.8 Å². The van der Waals surface area contributed by atoms with Gasteiger partial charge in [-0.2, -0.15) is 0 Å². The van der Waals surface area contributed by atoms with Gasteiger partial charge in [0.1, 0.15) is 6.61 Å². The fraction of sp³-hybridized carbons (Fsp3) is 0.355. The van der Waals surface area contributed by atoms with Crippen LogP contribution in [0.1, 0.15) is 59.8 Å². The summed E-state index contributed by atoms with van der Waals surface area (Å²) in [5.74, 6) is -0.593. The van der Waals surface area contributed by atoms with Gasteiger partial charge in [-0.05, 0) is 78.1 Å². The molecule has 0 aromatic heterocycles. The minimum absolute atomic E-state index is 0.0546. The van der Waals surface area contributed by atoms with Crippen molar-refractivity contribution in [2.45, 2.75) is 56.9 Å². The first-order valence-electron chi connectivity index (χ1n) is 13.7. The number of cyclic esters (lactones) is 1.